The lowest BCUT2D eigenvalue weighted by Crippen LogP contribution is -2.23. The van der Waals surface area contributed by atoms with Crippen LogP contribution >= 0.6 is 39.1 Å². The lowest BCUT2D eigenvalue weighted by molar-refractivity contribution is -0.119. The van der Waals surface area contributed by atoms with Crippen molar-refractivity contribution in [2.75, 3.05) is 5.32 Å². The van der Waals surface area contributed by atoms with E-state index >= 15 is 0 Å². The molecule has 2 aromatic carbocycles. The molecular weight excluding hydrogens is 373 g/mol. The van der Waals surface area contributed by atoms with Gasteiger partial charge in [0.2, 0.25) is 5.91 Å². The third-order valence-corrected chi connectivity index (χ3v) is 4.99. The quantitative estimate of drug-likeness (QED) is 0.765. The van der Waals surface area contributed by atoms with Crippen LogP contribution in [0.15, 0.2) is 40.9 Å². The van der Waals surface area contributed by atoms with E-state index < -0.39 is 0 Å². The van der Waals surface area contributed by atoms with E-state index in [2.05, 4.69) is 33.4 Å². The van der Waals surface area contributed by atoms with Gasteiger partial charge in [-0.1, -0.05) is 51.3 Å². The van der Waals surface area contributed by atoms with Crippen LogP contribution in [0.2, 0.25) is 10.0 Å². The maximum Gasteiger partial charge on any atom is 0.228 e. The normalized spacial score (nSPS) is 16.6. The maximum absolute atomic E-state index is 12.4. The molecule has 0 saturated carbocycles. The van der Waals surface area contributed by atoms with Gasteiger partial charge in [-0.2, -0.15) is 0 Å². The Kier molecular flexibility index (Phi) is 4.25. The Labute approximate surface area is 141 Å². The lowest BCUT2D eigenvalue weighted by Gasteiger charge is -2.12. The van der Waals surface area contributed by atoms with Gasteiger partial charge in [0.05, 0.1) is 15.7 Å². The number of halogens is 3. The molecular formula is C16H12BrCl2NO. The largest absolute Gasteiger partial charge is 0.324 e. The van der Waals surface area contributed by atoms with Crippen LogP contribution in [0.25, 0.3) is 0 Å². The molecule has 3 rings (SSSR count). The summed E-state index contributed by atoms with van der Waals surface area (Å²) in [6, 6.07) is 11.4. The molecule has 1 amide bonds. The summed E-state index contributed by atoms with van der Waals surface area (Å²) in [6.45, 7) is 0. The monoisotopic (exact) mass is 383 g/mol. The number of anilines is 1. The first-order valence-electron chi connectivity index (χ1n) is 6.57. The van der Waals surface area contributed by atoms with E-state index in [1.54, 1.807) is 18.2 Å². The van der Waals surface area contributed by atoms with Crippen molar-refractivity contribution in [3.63, 3.8) is 0 Å². The van der Waals surface area contributed by atoms with E-state index in [9.17, 15) is 4.79 Å². The molecule has 1 N–H and O–H groups in total. The van der Waals surface area contributed by atoms with Gasteiger partial charge in [-0.05, 0) is 48.2 Å². The van der Waals surface area contributed by atoms with Crippen molar-refractivity contribution in [3.05, 3.63) is 62.0 Å². The number of rotatable bonds is 2. The Morgan fingerprint density at radius 3 is 2.71 bits per heavy atom. The number of hydrogen-bond donors (Lipinski definition) is 1. The van der Waals surface area contributed by atoms with E-state index in [1.165, 1.54) is 11.1 Å². The number of benzene rings is 2. The molecule has 0 radical (unpaired) electrons. The second kappa shape index (κ2) is 5.99. The van der Waals surface area contributed by atoms with Crippen LogP contribution in [0.5, 0.6) is 0 Å². The van der Waals surface area contributed by atoms with E-state index in [1.807, 2.05) is 6.07 Å². The van der Waals surface area contributed by atoms with Crippen LogP contribution in [0.4, 0.5) is 5.69 Å². The Bertz CT molecular complexity index is 717. The number of amides is 1. The molecule has 1 unspecified atom stereocenters. The molecule has 0 fully saturated rings. The van der Waals surface area contributed by atoms with Crippen LogP contribution < -0.4 is 5.32 Å². The molecule has 1 aliphatic rings. The van der Waals surface area contributed by atoms with Crippen molar-refractivity contribution in [1.82, 2.24) is 0 Å². The summed E-state index contributed by atoms with van der Waals surface area (Å²) in [7, 11) is 0. The Morgan fingerprint density at radius 2 is 1.90 bits per heavy atom. The van der Waals surface area contributed by atoms with Gasteiger partial charge >= 0.3 is 0 Å². The van der Waals surface area contributed by atoms with Gasteiger partial charge < -0.3 is 5.32 Å². The van der Waals surface area contributed by atoms with Crippen molar-refractivity contribution in [2.45, 2.75) is 12.8 Å². The summed E-state index contributed by atoms with van der Waals surface area (Å²) in [5.41, 5.74) is 3.02. The third-order valence-electron chi connectivity index (χ3n) is 3.68. The zero-order valence-electron chi connectivity index (χ0n) is 11.0. The molecule has 0 heterocycles. The van der Waals surface area contributed by atoms with Gasteiger partial charge in [-0.15, -0.1) is 0 Å². The third kappa shape index (κ3) is 3.10. The highest BCUT2D eigenvalue weighted by Crippen LogP contribution is 2.32. The molecule has 0 bridgehead atoms. The fraction of sp³-hybridized carbons (Fsp3) is 0.188. The first kappa shape index (κ1) is 14.9. The number of carbonyl (C=O) groups is 1. The van der Waals surface area contributed by atoms with Gasteiger partial charge in [-0.25, -0.2) is 0 Å². The zero-order chi connectivity index (χ0) is 15.0. The van der Waals surface area contributed by atoms with Crippen LogP contribution in [0, 0.1) is 5.92 Å². The van der Waals surface area contributed by atoms with Gasteiger partial charge in [0.1, 0.15) is 0 Å². The SMILES string of the molecule is O=C(Nc1cccc(Cl)c1Cl)C1Cc2ccc(Br)cc2C1. The highest BCUT2D eigenvalue weighted by atomic mass is 79.9. The highest BCUT2D eigenvalue weighted by Gasteiger charge is 2.27. The summed E-state index contributed by atoms with van der Waals surface area (Å²) in [5.74, 6) is -0.0872. The first-order valence-corrected chi connectivity index (χ1v) is 8.11. The number of hydrogen-bond acceptors (Lipinski definition) is 1. The van der Waals surface area contributed by atoms with Crippen molar-refractivity contribution < 1.29 is 4.79 Å². The molecule has 0 saturated heterocycles. The van der Waals surface area contributed by atoms with Crippen LogP contribution in [0.1, 0.15) is 11.1 Å². The molecule has 1 aliphatic carbocycles. The van der Waals surface area contributed by atoms with E-state index in [0.29, 0.717) is 15.7 Å². The Balaban J connectivity index is 1.75. The van der Waals surface area contributed by atoms with Crippen LogP contribution in [0.3, 0.4) is 0 Å². The average Bonchev–Trinajstić information content (AvgIpc) is 2.87. The molecule has 108 valence electrons. The van der Waals surface area contributed by atoms with E-state index in [0.717, 1.165) is 17.3 Å². The molecule has 0 aliphatic heterocycles. The minimum absolute atomic E-state index is 0.0218. The van der Waals surface area contributed by atoms with Gasteiger partial charge in [0.25, 0.3) is 0 Å². The molecule has 5 heteroatoms. The van der Waals surface area contributed by atoms with Gasteiger partial charge in [0, 0.05) is 10.4 Å². The topological polar surface area (TPSA) is 29.1 Å². The minimum atomic E-state index is -0.0654. The van der Waals surface area contributed by atoms with Crippen LogP contribution in [-0.4, -0.2) is 5.91 Å². The van der Waals surface area contributed by atoms with Gasteiger partial charge in [0.15, 0.2) is 0 Å². The average molecular weight is 385 g/mol. The van der Waals surface area contributed by atoms with Crippen LogP contribution in [-0.2, 0) is 17.6 Å². The van der Waals surface area contributed by atoms with Gasteiger partial charge in [-0.3, -0.25) is 4.79 Å². The predicted molar refractivity (Wildman–Crippen MR) is 90.1 cm³/mol. The minimum Gasteiger partial charge on any atom is -0.324 e. The fourth-order valence-electron chi connectivity index (χ4n) is 2.61. The predicted octanol–water partition coefficient (Wildman–Crippen LogP) is 5.11. The molecule has 2 aromatic rings. The number of fused-ring (bicyclic) bond motifs is 1. The molecule has 0 spiro atoms. The highest BCUT2D eigenvalue weighted by molar-refractivity contribution is 9.10. The summed E-state index contributed by atoms with van der Waals surface area (Å²) >= 11 is 15.5. The van der Waals surface area contributed by atoms with Crippen molar-refractivity contribution in [2.24, 2.45) is 5.92 Å². The van der Waals surface area contributed by atoms with Crippen molar-refractivity contribution >= 4 is 50.7 Å². The Hall–Kier alpha value is -1.03. The smallest absolute Gasteiger partial charge is 0.228 e. The summed E-state index contributed by atoms with van der Waals surface area (Å²) in [5, 5.41) is 3.69. The summed E-state index contributed by atoms with van der Waals surface area (Å²) < 4.78 is 1.04. The molecule has 2 nitrogen and oxygen atoms in total. The Morgan fingerprint density at radius 1 is 1.14 bits per heavy atom. The summed E-state index contributed by atoms with van der Waals surface area (Å²) in [4.78, 5) is 12.4. The second-order valence-electron chi connectivity index (χ2n) is 5.11. The standard InChI is InChI=1S/C16H12BrCl2NO/c17-12-5-4-9-6-11(7-10(9)8-12)16(21)20-14-3-1-2-13(18)15(14)19/h1-5,8,11H,6-7H2,(H,20,21). The zero-order valence-corrected chi connectivity index (χ0v) is 14.1. The molecule has 21 heavy (non-hydrogen) atoms. The molecule has 0 aromatic heterocycles. The number of carbonyl (C=O) groups excluding carboxylic acids is 1. The maximum atomic E-state index is 12.4. The lowest BCUT2D eigenvalue weighted by atomic mass is 10.1. The second-order valence-corrected chi connectivity index (χ2v) is 6.81. The van der Waals surface area contributed by atoms with Crippen molar-refractivity contribution in [3.8, 4) is 0 Å². The van der Waals surface area contributed by atoms with E-state index in [4.69, 9.17) is 23.2 Å². The fourth-order valence-corrected chi connectivity index (χ4v) is 3.36. The number of nitrogens with one attached hydrogen (secondary N) is 1. The van der Waals surface area contributed by atoms with Crippen molar-refractivity contribution in [1.29, 1.82) is 0 Å². The summed E-state index contributed by atoms with van der Waals surface area (Å²) in [6.07, 6.45) is 1.51. The first-order chi connectivity index (χ1) is 10.0. The van der Waals surface area contributed by atoms with E-state index in [-0.39, 0.29) is 11.8 Å². The molecule has 1 atom stereocenters.